The molecule has 0 radical (unpaired) electrons. The molecule has 1 aliphatic rings. The number of carbonyl (C=O) groups excluding carboxylic acids is 1. The molecule has 4 heteroatoms. The highest BCUT2D eigenvalue weighted by Crippen LogP contribution is 2.00. The van der Waals surface area contributed by atoms with Gasteiger partial charge in [-0.1, -0.05) is 6.08 Å². The molecule has 0 aromatic heterocycles. The molecular weight excluding hydrogens is 134 g/mol. The summed E-state index contributed by atoms with van der Waals surface area (Å²) in [5.41, 5.74) is 5.25. The Morgan fingerprint density at radius 3 is 3.20 bits per heavy atom. The first-order chi connectivity index (χ1) is 4.80. The van der Waals surface area contributed by atoms with Gasteiger partial charge in [-0.25, -0.2) is 0 Å². The molecule has 1 heterocycles. The summed E-state index contributed by atoms with van der Waals surface area (Å²) in [6.07, 6.45) is 4.37. The van der Waals surface area contributed by atoms with E-state index in [4.69, 9.17) is 5.73 Å². The van der Waals surface area contributed by atoms with Crippen LogP contribution in [0.25, 0.3) is 0 Å². The van der Waals surface area contributed by atoms with E-state index in [-0.39, 0.29) is 0 Å². The predicted octanol–water partition coefficient (Wildman–Crippen LogP) is -0.126. The van der Waals surface area contributed by atoms with E-state index in [0.717, 1.165) is 0 Å². The van der Waals surface area contributed by atoms with Crippen molar-refractivity contribution >= 4 is 5.91 Å². The second-order valence-corrected chi connectivity index (χ2v) is 1.72. The van der Waals surface area contributed by atoms with Gasteiger partial charge in [0.05, 0.1) is 5.57 Å². The van der Waals surface area contributed by atoms with Crippen LogP contribution in [0.3, 0.4) is 0 Å². The van der Waals surface area contributed by atoms with Gasteiger partial charge in [0.1, 0.15) is 12.9 Å². The van der Waals surface area contributed by atoms with Crippen molar-refractivity contribution in [2.45, 2.75) is 0 Å². The number of carbonyl (C=O) groups is 1. The SMILES string of the molecule is NC(=O)C1=COOCC=C1. The maximum Gasteiger partial charge on any atom is 0.251 e. The lowest BCUT2D eigenvalue weighted by molar-refractivity contribution is -0.238. The maximum absolute atomic E-state index is 10.5. The van der Waals surface area contributed by atoms with Crippen molar-refractivity contribution in [3.63, 3.8) is 0 Å². The molecule has 0 atom stereocenters. The number of rotatable bonds is 1. The number of hydrogen-bond donors (Lipinski definition) is 1. The standard InChI is InChI=1S/C6H7NO3/c7-6(8)5-2-1-3-9-10-4-5/h1-2,4H,3H2,(H2,7,8). The van der Waals surface area contributed by atoms with Crippen LogP contribution >= 0.6 is 0 Å². The Balaban J connectivity index is 2.70. The third-order valence-electron chi connectivity index (χ3n) is 0.989. The smallest absolute Gasteiger partial charge is 0.251 e. The molecule has 0 bridgehead atoms. The van der Waals surface area contributed by atoms with Gasteiger partial charge in [-0.15, -0.1) is 0 Å². The molecule has 1 aliphatic heterocycles. The Hall–Kier alpha value is -1.29. The van der Waals surface area contributed by atoms with Crippen LogP contribution in [-0.4, -0.2) is 12.5 Å². The van der Waals surface area contributed by atoms with Crippen molar-refractivity contribution in [1.82, 2.24) is 0 Å². The summed E-state index contributed by atoms with van der Waals surface area (Å²) in [6, 6.07) is 0. The fourth-order valence-electron chi connectivity index (χ4n) is 0.519. The third-order valence-corrected chi connectivity index (χ3v) is 0.989. The second kappa shape index (κ2) is 3.03. The summed E-state index contributed by atoms with van der Waals surface area (Å²) in [7, 11) is 0. The summed E-state index contributed by atoms with van der Waals surface area (Å²) in [6.45, 7) is 0.327. The molecule has 0 spiro atoms. The molecule has 10 heavy (non-hydrogen) atoms. The number of hydrogen-bond acceptors (Lipinski definition) is 3. The normalized spacial score (nSPS) is 17.0. The zero-order valence-electron chi connectivity index (χ0n) is 5.24. The van der Waals surface area contributed by atoms with Crippen LogP contribution in [0, 0.1) is 0 Å². The Morgan fingerprint density at radius 2 is 2.50 bits per heavy atom. The molecule has 0 fully saturated rings. The average Bonchev–Trinajstić information content (AvgIpc) is 2.12. The van der Waals surface area contributed by atoms with E-state index in [9.17, 15) is 4.79 Å². The second-order valence-electron chi connectivity index (χ2n) is 1.72. The van der Waals surface area contributed by atoms with E-state index in [1.54, 1.807) is 12.2 Å². The molecule has 0 aliphatic carbocycles. The van der Waals surface area contributed by atoms with Gasteiger partial charge in [-0.3, -0.25) is 4.79 Å². The number of amides is 1. The Bertz CT molecular complexity index is 195. The molecule has 54 valence electrons. The van der Waals surface area contributed by atoms with Crippen molar-refractivity contribution in [1.29, 1.82) is 0 Å². The van der Waals surface area contributed by atoms with E-state index in [2.05, 4.69) is 9.78 Å². The Kier molecular flexibility index (Phi) is 2.07. The maximum atomic E-state index is 10.5. The highest BCUT2D eigenvalue weighted by Gasteiger charge is 2.02. The minimum Gasteiger partial charge on any atom is -0.365 e. The molecule has 0 saturated heterocycles. The van der Waals surface area contributed by atoms with Gasteiger partial charge in [0.15, 0.2) is 0 Å². The van der Waals surface area contributed by atoms with Gasteiger partial charge in [0.2, 0.25) is 0 Å². The molecular formula is C6H7NO3. The van der Waals surface area contributed by atoms with Crippen molar-refractivity contribution in [3.05, 3.63) is 24.0 Å². The van der Waals surface area contributed by atoms with Crippen LogP contribution < -0.4 is 5.73 Å². The Morgan fingerprint density at radius 1 is 1.70 bits per heavy atom. The highest BCUT2D eigenvalue weighted by atomic mass is 17.2. The van der Waals surface area contributed by atoms with E-state index in [1.807, 2.05) is 0 Å². The van der Waals surface area contributed by atoms with Crippen LogP contribution in [0.15, 0.2) is 24.0 Å². The summed E-state index contributed by atoms with van der Waals surface area (Å²) in [5, 5.41) is 0. The first-order valence-corrected chi connectivity index (χ1v) is 2.75. The minimum absolute atomic E-state index is 0.303. The first kappa shape index (κ1) is 6.82. The van der Waals surface area contributed by atoms with Crippen LogP contribution in [0.4, 0.5) is 0 Å². The Labute approximate surface area is 57.8 Å². The van der Waals surface area contributed by atoms with E-state index >= 15 is 0 Å². The zero-order valence-corrected chi connectivity index (χ0v) is 5.24. The lowest BCUT2D eigenvalue weighted by Gasteiger charge is -1.92. The lowest BCUT2D eigenvalue weighted by atomic mass is 10.2. The minimum atomic E-state index is -0.526. The zero-order chi connectivity index (χ0) is 7.40. The van der Waals surface area contributed by atoms with E-state index < -0.39 is 5.91 Å². The van der Waals surface area contributed by atoms with Crippen LogP contribution in [-0.2, 0) is 14.6 Å². The average molecular weight is 141 g/mol. The van der Waals surface area contributed by atoms with E-state index in [1.165, 1.54) is 6.26 Å². The van der Waals surface area contributed by atoms with Crippen LogP contribution in [0.5, 0.6) is 0 Å². The van der Waals surface area contributed by atoms with Gasteiger partial charge >= 0.3 is 0 Å². The fraction of sp³-hybridized carbons (Fsp3) is 0.167. The van der Waals surface area contributed by atoms with Crippen molar-refractivity contribution < 1.29 is 14.6 Å². The summed E-state index contributed by atoms with van der Waals surface area (Å²) < 4.78 is 0. The van der Waals surface area contributed by atoms with Gasteiger partial charge in [0.25, 0.3) is 5.91 Å². The topological polar surface area (TPSA) is 61.6 Å². The van der Waals surface area contributed by atoms with Crippen molar-refractivity contribution in [2.24, 2.45) is 5.73 Å². The predicted molar refractivity (Wildman–Crippen MR) is 33.5 cm³/mol. The fourth-order valence-corrected chi connectivity index (χ4v) is 0.519. The van der Waals surface area contributed by atoms with Crippen LogP contribution in [0.2, 0.25) is 0 Å². The molecule has 2 N–H and O–H groups in total. The van der Waals surface area contributed by atoms with E-state index in [0.29, 0.717) is 12.2 Å². The van der Waals surface area contributed by atoms with Crippen molar-refractivity contribution in [3.8, 4) is 0 Å². The van der Waals surface area contributed by atoms with Gasteiger partial charge < -0.3 is 10.6 Å². The summed E-state index contributed by atoms with van der Waals surface area (Å²) in [5.74, 6) is -0.526. The highest BCUT2D eigenvalue weighted by molar-refractivity contribution is 5.94. The summed E-state index contributed by atoms with van der Waals surface area (Å²) in [4.78, 5) is 19.4. The largest absolute Gasteiger partial charge is 0.365 e. The molecule has 1 rings (SSSR count). The van der Waals surface area contributed by atoms with Gasteiger partial charge in [0, 0.05) is 0 Å². The molecule has 4 nitrogen and oxygen atoms in total. The molecule has 0 aromatic carbocycles. The van der Waals surface area contributed by atoms with Gasteiger partial charge in [-0.05, 0) is 6.08 Å². The number of primary amides is 1. The first-order valence-electron chi connectivity index (χ1n) is 2.75. The number of nitrogens with two attached hydrogens (primary N) is 1. The molecule has 1 amide bonds. The summed E-state index contributed by atoms with van der Waals surface area (Å²) >= 11 is 0. The molecule has 0 saturated carbocycles. The van der Waals surface area contributed by atoms with Crippen LogP contribution in [0.1, 0.15) is 0 Å². The monoisotopic (exact) mass is 141 g/mol. The molecule has 0 unspecified atom stereocenters. The van der Waals surface area contributed by atoms with Gasteiger partial charge in [-0.2, -0.15) is 4.89 Å². The third kappa shape index (κ3) is 1.60. The quantitative estimate of drug-likeness (QED) is 0.517. The lowest BCUT2D eigenvalue weighted by Crippen LogP contribution is -2.12. The molecule has 0 aromatic rings. The van der Waals surface area contributed by atoms with Crippen molar-refractivity contribution in [2.75, 3.05) is 6.61 Å².